The minimum Gasteiger partial charge on any atom is -0.0654 e. The lowest BCUT2D eigenvalue weighted by Crippen LogP contribution is -2.59. The van der Waals surface area contributed by atoms with Crippen LogP contribution < -0.4 is 0 Å². The summed E-state index contributed by atoms with van der Waals surface area (Å²) >= 11 is 0. The Hall–Kier alpha value is 0. The summed E-state index contributed by atoms with van der Waals surface area (Å²) in [6.45, 7) is 7.30. The Kier molecular flexibility index (Phi) is 3.73. The average molecular weight is 262 g/mol. The van der Waals surface area contributed by atoms with Crippen molar-refractivity contribution in [3.05, 3.63) is 0 Å². The highest BCUT2D eigenvalue weighted by molar-refractivity contribution is 5.12. The Bertz CT molecular complexity index is 296. The van der Waals surface area contributed by atoms with E-state index in [1.54, 1.807) is 32.1 Å². The SMILES string of the molecule is CCCC12CC3CC(CC(C3)C1(CCC)CCC)C2. The van der Waals surface area contributed by atoms with E-state index < -0.39 is 0 Å². The second-order valence-corrected chi connectivity index (χ2v) is 8.23. The van der Waals surface area contributed by atoms with Gasteiger partial charge in [0, 0.05) is 0 Å². The summed E-state index contributed by atoms with van der Waals surface area (Å²) in [5.41, 5.74) is 1.52. The lowest BCUT2D eigenvalue weighted by Gasteiger charge is -2.69. The van der Waals surface area contributed by atoms with Crippen LogP contribution in [-0.4, -0.2) is 0 Å². The fraction of sp³-hybridized carbons (Fsp3) is 1.00. The van der Waals surface area contributed by atoms with Crippen molar-refractivity contribution < 1.29 is 0 Å². The Morgan fingerprint density at radius 1 is 0.737 bits per heavy atom. The molecule has 4 saturated carbocycles. The van der Waals surface area contributed by atoms with E-state index in [1.807, 2.05) is 0 Å². The number of rotatable bonds is 6. The van der Waals surface area contributed by atoms with Crippen LogP contribution in [0.25, 0.3) is 0 Å². The monoisotopic (exact) mass is 262 g/mol. The molecule has 0 spiro atoms. The third-order valence-electron chi connectivity index (χ3n) is 7.22. The standard InChI is InChI=1S/C19H34/c1-4-7-18-13-15-10-16(14-18)12-17(11-15)19(18,8-5-2)9-6-3/h15-17H,4-14H2,1-3H3. The van der Waals surface area contributed by atoms with E-state index >= 15 is 0 Å². The molecule has 4 bridgehead atoms. The Morgan fingerprint density at radius 3 is 1.74 bits per heavy atom. The highest BCUT2D eigenvalue weighted by Gasteiger charge is 2.63. The molecule has 0 heterocycles. The minimum absolute atomic E-state index is 0.750. The van der Waals surface area contributed by atoms with Gasteiger partial charge < -0.3 is 0 Å². The topological polar surface area (TPSA) is 0 Å². The molecule has 0 heteroatoms. The maximum Gasteiger partial charge on any atom is -0.0212 e. The lowest BCUT2D eigenvalue weighted by atomic mass is 9.36. The van der Waals surface area contributed by atoms with Gasteiger partial charge in [0.15, 0.2) is 0 Å². The Labute approximate surface area is 120 Å². The van der Waals surface area contributed by atoms with Crippen molar-refractivity contribution in [3.63, 3.8) is 0 Å². The van der Waals surface area contributed by atoms with Gasteiger partial charge in [-0.3, -0.25) is 0 Å². The van der Waals surface area contributed by atoms with Crippen LogP contribution >= 0.6 is 0 Å². The molecule has 4 aliphatic carbocycles. The molecule has 0 aromatic rings. The highest BCUT2D eigenvalue weighted by Crippen LogP contribution is 2.72. The summed E-state index contributed by atoms with van der Waals surface area (Å²) in [5.74, 6) is 3.34. The highest BCUT2D eigenvalue weighted by atomic mass is 14.7. The van der Waals surface area contributed by atoms with Crippen LogP contribution in [0.3, 0.4) is 0 Å². The van der Waals surface area contributed by atoms with Crippen molar-refractivity contribution in [2.24, 2.45) is 28.6 Å². The van der Waals surface area contributed by atoms with Crippen LogP contribution in [0.15, 0.2) is 0 Å². The first-order chi connectivity index (χ1) is 9.19. The van der Waals surface area contributed by atoms with Crippen molar-refractivity contribution >= 4 is 0 Å². The molecule has 0 radical (unpaired) electrons. The van der Waals surface area contributed by atoms with E-state index in [1.165, 1.54) is 38.5 Å². The fourth-order valence-electron chi connectivity index (χ4n) is 7.26. The summed E-state index contributed by atoms with van der Waals surface area (Å²) in [7, 11) is 0. The zero-order chi connectivity index (χ0) is 13.5. The van der Waals surface area contributed by atoms with Gasteiger partial charge in [-0.15, -0.1) is 0 Å². The molecular weight excluding hydrogens is 228 g/mol. The Balaban J connectivity index is 1.98. The van der Waals surface area contributed by atoms with Gasteiger partial charge in [0.05, 0.1) is 0 Å². The number of hydrogen-bond donors (Lipinski definition) is 0. The largest absolute Gasteiger partial charge is 0.0654 e. The second kappa shape index (κ2) is 5.08. The zero-order valence-electron chi connectivity index (χ0n) is 13.5. The quantitative estimate of drug-likeness (QED) is 0.534. The summed E-state index contributed by atoms with van der Waals surface area (Å²) in [5, 5.41) is 0. The molecule has 4 rings (SSSR count). The van der Waals surface area contributed by atoms with Gasteiger partial charge >= 0.3 is 0 Å². The molecular formula is C19H34. The molecule has 0 N–H and O–H groups in total. The van der Waals surface area contributed by atoms with E-state index in [-0.39, 0.29) is 0 Å². The lowest BCUT2D eigenvalue weighted by molar-refractivity contribution is -0.190. The molecule has 0 aromatic heterocycles. The third kappa shape index (κ3) is 1.92. The van der Waals surface area contributed by atoms with Crippen LogP contribution in [0.2, 0.25) is 0 Å². The maximum absolute atomic E-state index is 2.43. The van der Waals surface area contributed by atoms with Crippen LogP contribution in [0.4, 0.5) is 0 Å². The summed E-state index contributed by atoms with van der Waals surface area (Å²) in [6.07, 6.45) is 16.9. The van der Waals surface area contributed by atoms with Crippen molar-refractivity contribution in [2.75, 3.05) is 0 Å². The van der Waals surface area contributed by atoms with E-state index in [4.69, 9.17) is 0 Å². The first-order valence-corrected chi connectivity index (χ1v) is 9.19. The van der Waals surface area contributed by atoms with Crippen molar-refractivity contribution in [3.8, 4) is 0 Å². The van der Waals surface area contributed by atoms with Crippen LogP contribution in [0, 0.1) is 28.6 Å². The second-order valence-electron chi connectivity index (χ2n) is 8.23. The first kappa shape index (κ1) is 14.0. The third-order valence-corrected chi connectivity index (χ3v) is 7.22. The molecule has 4 fully saturated rings. The molecule has 0 nitrogen and oxygen atoms in total. The van der Waals surface area contributed by atoms with Gasteiger partial charge in [0.25, 0.3) is 0 Å². The molecule has 0 aliphatic heterocycles. The fourth-order valence-corrected chi connectivity index (χ4v) is 7.26. The normalized spacial score (nSPS) is 42.8. The van der Waals surface area contributed by atoms with Gasteiger partial charge in [-0.05, 0) is 80.0 Å². The predicted octanol–water partition coefficient (Wildman–Crippen LogP) is 6.20. The van der Waals surface area contributed by atoms with Crippen molar-refractivity contribution in [1.29, 1.82) is 0 Å². The molecule has 0 aromatic carbocycles. The number of hydrogen-bond acceptors (Lipinski definition) is 0. The summed E-state index contributed by atoms with van der Waals surface area (Å²) < 4.78 is 0. The molecule has 4 aliphatic rings. The Morgan fingerprint density at radius 2 is 1.26 bits per heavy atom. The van der Waals surface area contributed by atoms with Crippen LogP contribution in [0.5, 0.6) is 0 Å². The van der Waals surface area contributed by atoms with Gasteiger partial charge in [0.2, 0.25) is 0 Å². The molecule has 2 atom stereocenters. The van der Waals surface area contributed by atoms with Crippen LogP contribution in [0.1, 0.15) is 91.4 Å². The van der Waals surface area contributed by atoms with E-state index in [9.17, 15) is 0 Å². The molecule has 2 unspecified atom stereocenters. The van der Waals surface area contributed by atoms with Gasteiger partial charge in [-0.2, -0.15) is 0 Å². The van der Waals surface area contributed by atoms with Crippen LogP contribution in [-0.2, 0) is 0 Å². The summed E-state index contributed by atoms with van der Waals surface area (Å²) in [4.78, 5) is 0. The van der Waals surface area contributed by atoms with Gasteiger partial charge in [-0.25, -0.2) is 0 Å². The zero-order valence-corrected chi connectivity index (χ0v) is 13.5. The van der Waals surface area contributed by atoms with Gasteiger partial charge in [0.1, 0.15) is 0 Å². The molecule has 0 saturated heterocycles. The van der Waals surface area contributed by atoms with E-state index in [2.05, 4.69) is 20.8 Å². The molecule has 0 amide bonds. The predicted molar refractivity (Wildman–Crippen MR) is 83.1 cm³/mol. The molecule has 19 heavy (non-hydrogen) atoms. The van der Waals surface area contributed by atoms with E-state index in [0.717, 1.165) is 28.6 Å². The summed E-state index contributed by atoms with van der Waals surface area (Å²) in [6, 6.07) is 0. The van der Waals surface area contributed by atoms with Crippen molar-refractivity contribution in [1.82, 2.24) is 0 Å². The molecule has 110 valence electrons. The smallest absolute Gasteiger partial charge is 0.0212 e. The van der Waals surface area contributed by atoms with Gasteiger partial charge in [-0.1, -0.05) is 40.0 Å². The van der Waals surface area contributed by atoms with E-state index in [0.29, 0.717) is 0 Å². The van der Waals surface area contributed by atoms with Crippen molar-refractivity contribution in [2.45, 2.75) is 91.4 Å². The average Bonchev–Trinajstić information content (AvgIpc) is 2.35. The first-order valence-electron chi connectivity index (χ1n) is 9.19. The maximum atomic E-state index is 2.43. The minimum atomic E-state index is 0.750.